The first-order valence-electron chi connectivity index (χ1n) is 5.96. The zero-order valence-electron chi connectivity index (χ0n) is 9.46. The Kier molecular flexibility index (Phi) is 3.59. The molecule has 86 valence electrons. The lowest BCUT2D eigenvalue weighted by atomic mass is 10.2. The average molecular weight is 211 g/mol. The molecule has 0 bridgehead atoms. The van der Waals surface area contributed by atoms with Crippen LogP contribution in [0.15, 0.2) is 0 Å². The predicted molar refractivity (Wildman–Crippen MR) is 59.7 cm³/mol. The minimum atomic E-state index is 0.208. The summed E-state index contributed by atoms with van der Waals surface area (Å²) in [6, 6.07) is 1.06. The second-order valence-corrected chi connectivity index (χ2v) is 4.74. The topological polar surface area (TPSA) is 44.4 Å². The van der Waals surface area contributed by atoms with Crippen LogP contribution in [0.4, 0.5) is 0 Å². The van der Waals surface area contributed by atoms with Gasteiger partial charge in [0.1, 0.15) is 0 Å². The van der Waals surface area contributed by atoms with Crippen LogP contribution >= 0.6 is 0 Å². The zero-order valence-corrected chi connectivity index (χ0v) is 9.46. The molecule has 4 heteroatoms. The van der Waals surface area contributed by atoms with Crippen LogP contribution in [-0.4, -0.2) is 49.6 Å². The molecular formula is C11H21N3O. The van der Waals surface area contributed by atoms with Gasteiger partial charge in [-0.3, -0.25) is 4.79 Å². The molecule has 2 fully saturated rings. The maximum atomic E-state index is 11.0. The SMILES string of the molecule is CN1CCCC1CNCC1CCC(=O)N1. The molecule has 0 aromatic heterocycles. The van der Waals surface area contributed by atoms with E-state index in [1.807, 2.05) is 0 Å². The van der Waals surface area contributed by atoms with Gasteiger partial charge in [-0.05, 0) is 32.9 Å². The number of hydrogen-bond acceptors (Lipinski definition) is 3. The number of amides is 1. The van der Waals surface area contributed by atoms with E-state index in [-0.39, 0.29) is 5.91 Å². The van der Waals surface area contributed by atoms with Crippen LogP contribution < -0.4 is 10.6 Å². The Morgan fingerprint density at radius 2 is 2.33 bits per heavy atom. The van der Waals surface area contributed by atoms with Crippen molar-refractivity contribution >= 4 is 5.91 Å². The highest BCUT2D eigenvalue weighted by molar-refractivity contribution is 5.78. The van der Waals surface area contributed by atoms with Crippen LogP contribution in [0, 0.1) is 0 Å². The Labute approximate surface area is 91.4 Å². The largest absolute Gasteiger partial charge is 0.352 e. The Hall–Kier alpha value is -0.610. The Morgan fingerprint density at radius 1 is 1.47 bits per heavy atom. The Morgan fingerprint density at radius 3 is 2.93 bits per heavy atom. The maximum absolute atomic E-state index is 11.0. The fraction of sp³-hybridized carbons (Fsp3) is 0.909. The Balaban J connectivity index is 1.60. The summed E-state index contributed by atoms with van der Waals surface area (Å²) < 4.78 is 0. The molecule has 15 heavy (non-hydrogen) atoms. The van der Waals surface area contributed by atoms with Gasteiger partial charge >= 0.3 is 0 Å². The summed E-state index contributed by atoms with van der Waals surface area (Å²) >= 11 is 0. The summed E-state index contributed by atoms with van der Waals surface area (Å²) in [7, 11) is 2.19. The fourth-order valence-corrected chi connectivity index (χ4v) is 2.49. The van der Waals surface area contributed by atoms with E-state index in [9.17, 15) is 4.79 Å². The highest BCUT2D eigenvalue weighted by Crippen LogP contribution is 2.13. The average Bonchev–Trinajstić information content (AvgIpc) is 2.77. The van der Waals surface area contributed by atoms with Crippen molar-refractivity contribution in [1.29, 1.82) is 0 Å². The lowest BCUT2D eigenvalue weighted by Crippen LogP contribution is -2.41. The highest BCUT2D eigenvalue weighted by atomic mass is 16.1. The first-order valence-corrected chi connectivity index (χ1v) is 5.96. The van der Waals surface area contributed by atoms with E-state index in [0.717, 1.165) is 19.5 Å². The van der Waals surface area contributed by atoms with Gasteiger partial charge in [-0.15, -0.1) is 0 Å². The number of nitrogens with one attached hydrogen (secondary N) is 2. The van der Waals surface area contributed by atoms with E-state index in [1.165, 1.54) is 19.4 Å². The molecule has 2 N–H and O–H groups in total. The fourth-order valence-electron chi connectivity index (χ4n) is 2.49. The smallest absolute Gasteiger partial charge is 0.220 e. The molecule has 2 heterocycles. The minimum Gasteiger partial charge on any atom is -0.352 e. The van der Waals surface area contributed by atoms with Crippen molar-refractivity contribution in [1.82, 2.24) is 15.5 Å². The van der Waals surface area contributed by atoms with E-state index >= 15 is 0 Å². The number of hydrogen-bond donors (Lipinski definition) is 2. The van der Waals surface area contributed by atoms with E-state index in [4.69, 9.17) is 0 Å². The van der Waals surface area contributed by atoms with Crippen LogP contribution in [0.1, 0.15) is 25.7 Å². The number of nitrogens with zero attached hydrogens (tertiary/aromatic N) is 1. The molecule has 2 unspecified atom stereocenters. The molecule has 0 aromatic rings. The summed E-state index contributed by atoms with van der Waals surface area (Å²) in [6.07, 6.45) is 4.32. The zero-order chi connectivity index (χ0) is 10.7. The van der Waals surface area contributed by atoms with Crippen LogP contribution in [0.3, 0.4) is 0 Å². The van der Waals surface area contributed by atoms with Crippen molar-refractivity contribution < 1.29 is 4.79 Å². The van der Waals surface area contributed by atoms with Crippen molar-refractivity contribution in [3.05, 3.63) is 0 Å². The molecule has 2 rings (SSSR count). The van der Waals surface area contributed by atoms with Gasteiger partial charge in [-0.25, -0.2) is 0 Å². The first-order chi connectivity index (χ1) is 7.25. The molecule has 2 saturated heterocycles. The summed E-state index contributed by atoms with van der Waals surface area (Å²) in [5, 5.41) is 6.44. The van der Waals surface area contributed by atoms with Gasteiger partial charge in [-0.1, -0.05) is 0 Å². The third-order valence-electron chi connectivity index (χ3n) is 3.53. The molecule has 1 amide bonds. The molecule has 2 aliphatic heterocycles. The molecule has 0 aromatic carbocycles. The molecule has 4 nitrogen and oxygen atoms in total. The second kappa shape index (κ2) is 4.94. The normalized spacial score (nSPS) is 32.2. The lowest BCUT2D eigenvalue weighted by molar-refractivity contribution is -0.119. The number of likely N-dealkylation sites (N-methyl/N-ethyl adjacent to an activating group) is 1. The van der Waals surface area contributed by atoms with Crippen LogP contribution in [0.2, 0.25) is 0 Å². The van der Waals surface area contributed by atoms with Gasteiger partial charge < -0.3 is 15.5 Å². The third kappa shape index (κ3) is 2.92. The van der Waals surface area contributed by atoms with Gasteiger partial charge in [0.2, 0.25) is 5.91 Å². The number of carbonyl (C=O) groups excluding carboxylic acids is 1. The van der Waals surface area contributed by atoms with E-state index in [0.29, 0.717) is 18.5 Å². The Bertz CT molecular complexity index is 232. The molecule has 2 atom stereocenters. The molecule has 0 radical (unpaired) electrons. The highest BCUT2D eigenvalue weighted by Gasteiger charge is 2.22. The van der Waals surface area contributed by atoms with Crippen molar-refractivity contribution in [3.63, 3.8) is 0 Å². The number of likely N-dealkylation sites (tertiary alicyclic amines) is 1. The van der Waals surface area contributed by atoms with E-state index < -0.39 is 0 Å². The van der Waals surface area contributed by atoms with Gasteiger partial charge in [0, 0.05) is 31.6 Å². The van der Waals surface area contributed by atoms with E-state index in [2.05, 4.69) is 22.6 Å². The maximum Gasteiger partial charge on any atom is 0.220 e. The minimum absolute atomic E-state index is 0.208. The lowest BCUT2D eigenvalue weighted by Gasteiger charge is -2.20. The number of carbonyl (C=O) groups is 1. The summed E-state index contributed by atoms with van der Waals surface area (Å²) in [6.45, 7) is 3.21. The first kappa shape index (κ1) is 10.9. The van der Waals surface area contributed by atoms with Gasteiger partial charge in [0.25, 0.3) is 0 Å². The predicted octanol–water partition coefficient (Wildman–Crippen LogP) is -0.0512. The quantitative estimate of drug-likeness (QED) is 0.685. The van der Waals surface area contributed by atoms with Crippen molar-refractivity contribution in [2.24, 2.45) is 0 Å². The van der Waals surface area contributed by atoms with Crippen LogP contribution in [0.25, 0.3) is 0 Å². The molecular weight excluding hydrogens is 190 g/mol. The summed E-state index contributed by atoms with van der Waals surface area (Å²) in [5.74, 6) is 0.208. The van der Waals surface area contributed by atoms with Gasteiger partial charge in [0.15, 0.2) is 0 Å². The third-order valence-corrected chi connectivity index (χ3v) is 3.53. The van der Waals surface area contributed by atoms with Gasteiger partial charge in [0.05, 0.1) is 0 Å². The molecule has 0 spiro atoms. The van der Waals surface area contributed by atoms with Crippen molar-refractivity contribution in [2.45, 2.75) is 37.8 Å². The molecule has 0 saturated carbocycles. The standard InChI is InChI=1S/C11H21N3O/c1-14-6-2-3-10(14)8-12-7-9-4-5-11(15)13-9/h9-10,12H,2-8H2,1H3,(H,13,15). The van der Waals surface area contributed by atoms with Crippen molar-refractivity contribution in [3.8, 4) is 0 Å². The monoisotopic (exact) mass is 211 g/mol. The second-order valence-electron chi connectivity index (χ2n) is 4.74. The molecule has 2 aliphatic rings. The van der Waals surface area contributed by atoms with Crippen molar-refractivity contribution in [2.75, 3.05) is 26.7 Å². The van der Waals surface area contributed by atoms with Gasteiger partial charge in [-0.2, -0.15) is 0 Å². The van der Waals surface area contributed by atoms with Crippen LogP contribution in [0.5, 0.6) is 0 Å². The van der Waals surface area contributed by atoms with E-state index in [1.54, 1.807) is 0 Å². The summed E-state index contributed by atoms with van der Waals surface area (Å²) in [4.78, 5) is 13.4. The number of rotatable bonds is 4. The molecule has 0 aliphatic carbocycles. The summed E-state index contributed by atoms with van der Waals surface area (Å²) in [5.41, 5.74) is 0. The van der Waals surface area contributed by atoms with Crippen LogP contribution in [-0.2, 0) is 4.79 Å².